The molecule has 0 spiro atoms. The number of likely N-dealkylation sites (tertiary alicyclic amines) is 1. The van der Waals surface area contributed by atoms with Crippen LogP contribution in [0.5, 0.6) is 23.0 Å². The van der Waals surface area contributed by atoms with Crippen molar-refractivity contribution in [1.29, 1.82) is 0 Å². The van der Waals surface area contributed by atoms with Gasteiger partial charge < -0.3 is 29.2 Å². The van der Waals surface area contributed by atoms with Crippen molar-refractivity contribution < 1.29 is 28.5 Å². The summed E-state index contributed by atoms with van der Waals surface area (Å²) in [5.74, 6) is 2.44. The summed E-state index contributed by atoms with van der Waals surface area (Å²) in [5, 5.41) is 2.97. The van der Waals surface area contributed by atoms with Crippen molar-refractivity contribution in [3.05, 3.63) is 47.5 Å². The first kappa shape index (κ1) is 24.7. The minimum absolute atomic E-state index is 0.000535. The van der Waals surface area contributed by atoms with E-state index >= 15 is 0 Å². The van der Waals surface area contributed by atoms with Gasteiger partial charge in [-0.1, -0.05) is 12.1 Å². The average molecular weight is 483 g/mol. The summed E-state index contributed by atoms with van der Waals surface area (Å²) in [5.41, 5.74) is 1.43. The molecule has 2 heterocycles. The van der Waals surface area contributed by atoms with Crippen LogP contribution in [0.15, 0.2) is 36.4 Å². The molecule has 0 aromatic heterocycles. The van der Waals surface area contributed by atoms with E-state index in [0.717, 1.165) is 17.7 Å². The molecule has 0 aliphatic carbocycles. The minimum atomic E-state index is -0.231. The van der Waals surface area contributed by atoms with Gasteiger partial charge in [0, 0.05) is 42.6 Å². The molecule has 35 heavy (non-hydrogen) atoms. The van der Waals surface area contributed by atoms with Crippen molar-refractivity contribution >= 4 is 11.8 Å². The van der Waals surface area contributed by atoms with Crippen molar-refractivity contribution in [1.82, 2.24) is 10.2 Å². The second kappa shape index (κ2) is 10.5. The summed E-state index contributed by atoms with van der Waals surface area (Å²) in [6.07, 6.45) is 2.09. The summed E-state index contributed by atoms with van der Waals surface area (Å²) < 4.78 is 22.5. The highest BCUT2D eigenvalue weighted by atomic mass is 16.5. The molecule has 2 aliphatic heterocycles. The van der Waals surface area contributed by atoms with Crippen molar-refractivity contribution in [2.75, 3.05) is 40.5 Å². The zero-order chi connectivity index (χ0) is 25.0. The summed E-state index contributed by atoms with van der Waals surface area (Å²) in [7, 11) is 3.11. The van der Waals surface area contributed by atoms with Gasteiger partial charge in [0.2, 0.25) is 5.91 Å². The zero-order valence-electron chi connectivity index (χ0n) is 20.9. The number of methoxy groups -OCH3 is 2. The van der Waals surface area contributed by atoms with Crippen molar-refractivity contribution in [3.63, 3.8) is 0 Å². The molecule has 0 unspecified atom stereocenters. The molecule has 1 fully saturated rings. The second-order valence-corrected chi connectivity index (χ2v) is 9.59. The van der Waals surface area contributed by atoms with Gasteiger partial charge in [0.05, 0.1) is 20.8 Å². The lowest BCUT2D eigenvalue weighted by Crippen LogP contribution is -2.43. The average Bonchev–Trinajstić information content (AvgIpc) is 3.20. The van der Waals surface area contributed by atoms with E-state index in [1.54, 1.807) is 37.3 Å². The van der Waals surface area contributed by atoms with Crippen LogP contribution in [0, 0.1) is 5.92 Å². The predicted octanol–water partition coefficient (Wildman–Crippen LogP) is 3.46. The fourth-order valence-electron chi connectivity index (χ4n) is 4.64. The number of hydrogen-bond acceptors (Lipinski definition) is 6. The van der Waals surface area contributed by atoms with E-state index in [0.29, 0.717) is 61.9 Å². The quantitative estimate of drug-likeness (QED) is 0.580. The molecule has 2 amide bonds. The van der Waals surface area contributed by atoms with Gasteiger partial charge in [-0.15, -0.1) is 0 Å². The van der Waals surface area contributed by atoms with E-state index < -0.39 is 0 Å². The lowest BCUT2D eigenvalue weighted by Gasteiger charge is -2.31. The van der Waals surface area contributed by atoms with Crippen molar-refractivity contribution in [3.8, 4) is 23.0 Å². The van der Waals surface area contributed by atoms with Crippen LogP contribution in [0.2, 0.25) is 0 Å². The first-order chi connectivity index (χ1) is 16.8. The first-order valence-electron chi connectivity index (χ1n) is 12.0. The maximum Gasteiger partial charge on any atom is 0.254 e. The highest BCUT2D eigenvalue weighted by molar-refractivity contribution is 5.95. The van der Waals surface area contributed by atoms with E-state index in [9.17, 15) is 9.59 Å². The lowest BCUT2D eigenvalue weighted by molar-refractivity contribution is -0.126. The molecule has 2 aromatic rings. The molecule has 0 radical (unpaired) electrons. The van der Waals surface area contributed by atoms with Gasteiger partial charge in [0.1, 0.15) is 23.7 Å². The van der Waals surface area contributed by atoms with E-state index in [1.807, 2.05) is 12.1 Å². The van der Waals surface area contributed by atoms with Crippen LogP contribution in [0.1, 0.15) is 42.6 Å². The largest absolute Gasteiger partial charge is 0.497 e. The molecular weight excluding hydrogens is 448 g/mol. The van der Waals surface area contributed by atoms with Gasteiger partial charge in [-0.05, 0) is 44.9 Å². The summed E-state index contributed by atoms with van der Waals surface area (Å²) in [6, 6.07) is 11.1. The smallest absolute Gasteiger partial charge is 0.254 e. The summed E-state index contributed by atoms with van der Waals surface area (Å²) in [6.45, 7) is 5.94. The maximum absolute atomic E-state index is 13.0. The third kappa shape index (κ3) is 5.81. The monoisotopic (exact) mass is 482 g/mol. The maximum atomic E-state index is 13.0. The van der Waals surface area contributed by atoms with Gasteiger partial charge >= 0.3 is 0 Å². The van der Waals surface area contributed by atoms with Crippen LogP contribution in [0.3, 0.4) is 0 Å². The van der Waals surface area contributed by atoms with E-state index in [1.165, 1.54) is 0 Å². The molecule has 2 aliphatic rings. The molecule has 2 aromatic carbocycles. The van der Waals surface area contributed by atoms with Crippen LogP contribution in [0.4, 0.5) is 0 Å². The Morgan fingerprint density at radius 3 is 2.43 bits per heavy atom. The van der Waals surface area contributed by atoms with Gasteiger partial charge in [-0.25, -0.2) is 0 Å². The molecule has 4 rings (SSSR count). The number of amides is 2. The summed E-state index contributed by atoms with van der Waals surface area (Å²) >= 11 is 0. The Morgan fingerprint density at radius 1 is 1.09 bits per heavy atom. The summed E-state index contributed by atoms with van der Waals surface area (Å²) in [4.78, 5) is 27.4. The number of nitrogens with one attached hydrogen (secondary N) is 1. The second-order valence-electron chi connectivity index (χ2n) is 9.59. The normalized spacial score (nSPS) is 16.7. The van der Waals surface area contributed by atoms with Gasteiger partial charge in [0.25, 0.3) is 5.91 Å². The Morgan fingerprint density at radius 2 is 1.77 bits per heavy atom. The Bertz CT molecular complexity index is 1050. The molecule has 8 nitrogen and oxygen atoms in total. The molecule has 1 N–H and O–H groups in total. The van der Waals surface area contributed by atoms with Gasteiger partial charge in [-0.2, -0.15) is 0 Å². The minimum Gasteiger partial charge on any atom is -0.497 e. The number of hydrogen-bond donors (Lipinski definition) is 1. The Balaban J connectivity index is 1.23. The number of nitrogens with zero attached hydrogens (tertiary/aromatic N) is 1. The third-order valence-corrected chi connectivity index (χ3v) is 6.47. The topological polar surface area (TPSA) is 86.3 Å². The number of rotatable bonds is 8. The molecule has 8 heteroatoms. The highest BCUT2D eigenvalue weighted by Gasteiger charge is 2.32. The van der Waals surface area contributed by atoms with Crippen LogP contribution in [0.25, 0.3) is 0 Å². The molecule has 0 saturated carbocycles. The fourth-order valence-corrected chi connectivity index (χ4v) is 4.64. The van der Waals surface area contributed by atoms with Crippen LogP contribution >= 0.6 is 0 Å². The van der Waals surface area contributed by atoms with E-state index in [2.05, 4.69) is 25.2 Å². The highest BCUT2D eigenvalue weighted by Crippen LogP contribution is 2.41. The van der Waals surface area contributed by atoms with Crippen molar-refractivity contribution in [2.45, 2.75) is 38.7 Å². The number of para-hydroxylation sites is 1. The molecule has 0 atom stereocenters. The standard InChI is InChI=1S/C27H34N2O6/c1-27(2)17-19-6-5-7-23(24(19)35-27)34-13-10-28-25(30)18-8-11-29(12-9-18)26(31)20-14-21(32-3)16-22(15-20)33-4/h5-7,14-16,18H,8-13,17H2,1-4H3,(H,28,30). The number of carbonyl (C=O) groups is 2. The molecule has 0 bridgehead atoms. The number of benzene rings is 2. The predicted molar refractivity (Wildman–Crippen MR) is 132 cm³/mol. The number of ether oxygens (including phenoxy) is 4. The zero-order valence-corrected chi connectivity index (χ0v) is 20.9. The first-order valence-corrected chi connectivity index (χ1v) is 12.0. The van der Waals surface area contributed by atoms with Crippen LogP contribution < -0.4 is 24.3 Å². The molecule has 1 saturated heterocycles. The van der Waals surface area contributed by atoms with Gasteiger partial charge in [-0.3, -0.25) is 9.59 Å². The number of piperidine rings is 1. The Labute approximate surface area is 206 Å². The molecule has 188 valence electrons. The van der Waals surface area contributed by atoms with Gasteiger partial charge in [0.15, 0.2) is 11.5 Å². The Hall–Kier alpha value is -3.42. The van der Waals surface area contributed by atoms with Crippen LogP contribution in [-0.4, -0.2) is 62.8 Å². The van der Waals surface area contributed by atoms with E-state index in [4.69, 9.17) is 18.9 Å². The SMILES string of the molecule is COc1cc(OC)cc(C(=O)N2CCC(C(=O)NCCOc3cccc4c3OC(C)(C)C4)CC2)c1. The fraction of sp³-hybridized carbons (Fsp3) is 0.481. The number of fused-ring (bicyclic) bond motifs is 1. The lowest BCUT2D eigenvalue weighted by atomic mass is 9.95. The van der Waals surface area contributed by atoms with Crippen molar-refractivity contribution in [2.24, 2.45) is 5.92 Å². The van der Waals surface area contributed by atoms with E-state index in [-0.39, 0.29) is 23.3 Å². The Kier molecular flexibility index (Phi) is 7.38. The number of carbonyl (C=O) groups excluding carboxylic acids is 2. The van der Waals surface area contributed by atoms with Crippen LogP contribution in [-0.2, 0) is 11.2 Å². The third-order valence-electron chi connectivity index (χ3n) is 6.47. The molecular formula is C27H34N2O6.